The van der Waals surface area contributed by atoms with Gasteiger partial charge in [0.25, 0.3) is 0 Å². The fraction of sp³-hybridized carbons (Fsp3) is 0. The summed E-state index contributed by atoms with van der Waals surface area (Å²) < 4.78 is 5.99. The molecule has 0 atom stereocenters. The third-order valence-corrected chi connectivity index (χ3v) is 10.0. The van der Waals surface area contributed by atoms with Gasteiger partial charge in [0.05, 0.1) is 38.8 Å². The molecule has 0 spiro atoms. The number of aromatic nitrogens is 3. The number of fused-ring (bicyclic) bond motifs is 9. The number of nitrogens with zero attached hydrogens (tertiary/aromatic N) is 5. The van der Waals surface area contributed by atoms with Gasteiger partial charge in [0.2, 0.25) is 0 Å². The predicted molar refractivity (Wildman–Crippen MR) is 201 cm³/mol. The molecule has 0 radical (unpaired) electrons. The van der Waals surface area contributed by atoms with Gasteiger partial charge in [-0.15, -0.1) is 0 Å². The highest BCUT2D eigenvalue weighted by molar-refractivity contribution is 6.13. The summed E-state index contributed by atoms with van der Waals surface area (Å²) in [6, 6.07) is 53.2. The summed E-state index contributed by atoms with van der Waals surface area (Å²) in [5.41, 5.74) is 6.51. The average molecular weight is 640 g/mol. The van der Waals surface area contributed by atoms with Crippen molar-refractivity contribution in [3.05, 3.63) is 157 Å². The Morgan fingerprint density at radius 1 is 0.340 bits per heavy atom. The van der Waals surface area contributed by atoms with Crippen LogP contribution in [0.15, 0.2) is 146 Å². The van der Waals surface area contributed by atoms with Crippen LogP contribution in [0.3, 0.4) is 0 Å². The topological polar surface area (TPSA) is 82.6 Å². The molecule has 0 saturated carbocycles. The number of rotatable bonds is 3. The number of phenols is 1. The van der Waals surface area contributed by atoms with E-state index in [1.165, 1.54) is 0 Å². The van der Waals surface area contributed by atoms with Gasteiger partial charge in [0, 0.05) is 32.3 Å². The van der Waals surface area contributed by atoms with Gasteiger partial charge in [0.1, 0.15) is 34.6 Å². The predicted octanol–water partition coefficient (Wildman–Crippen LogP) is 10.4. The molecule has 1 N–H and O–H groups in total. The number of hydrogen-bond donors (Lipinski definition) is 1. The van der Waals surface area contributed by atoms with Gasteiger partial charge in [-0.3, -0.25) is 0 Å². The van der Waals surface area contributed by atoms with Gasteiger partial charge >= 0.3 is 0 Å². The molecule has 0 bridgehead atoms. The zero-order chi connectivity index (χ0) is 33.5. The molecule has 0 amide bonds. The van der Waals surface area contributed by atoms with Crippen LogP contribution in [0.1, 0.15) is 11.1 Å². The van der Waals surface area contributed by atoms with E-state index in [1.54, 1.807) is 0 Å². The summed E-state index contributed by atoms with van der Waals surface area (Å²) in [7, 11) is 0. The first-order chi connectivity index (χ1) is 24.7. The van der Waals surface area contributed by atoms with Crippen molar-refractivity contribution >= 4 is 65.4 Å². The van der Waals surface area contributed by atoms with E-state index in [0.717, 1.165) is 65.4 Å². The van der Waals surface area contributed by atoms with Crippen molar-refractivity contribution in [3.8, 4) is 35.0 Å². The Labute approximate surface area is 285 Å². The molecule has 3 heterocycles. The normalized spacial score (nSPS) is 11.6. The first kappa shape index (κ1) is 27.8. The van der Waals surface area contributed by atoms with Crippen molar-refractivity contribution in [3.63, 3.8) is 0 Å². The quantitative estimate of drug-likeness (QED) is 0.209. The van der Waals surface area contributed by atoms with Gasteiger partial charge in [0.15, 0.2) is 5.75 Å². The first-order valence-corrected chi connectivity index (χ1v) is 16.4. The van der Waals surface area contributed by atoms with Crippen molar-refractivity contribution < 1.29 is 5.11 Å². The highest BCUT2D eigenvalue weighted by atomic mass is 16.3. The second kappa shape index (κ2) is 10.4. The van der Waals surface area contributed by atoms with E-state index in [-0.39, 0.29) is 16.9 Å². The summed E-state index contributed by atoms with van der Waals surface area (Å²) in [4.78, 5) is 0. The molecule has 0 aliphatic carbocycles. The molecular weight excluding hydrogens is 615 g/mol. The van der Waals surface area contributed by atoms with E-state index in [9.17, 15) is 15.6 Å². The van der Waals surface area contributed by atoms with E-state index in [2.05, 4.69) is 48.5 Å². The lowest BCUT2D eigenvalue weighted by molar-refractivity contribution is 0.470. The van der Waals surface area contributed by atoms with E-state index in [0.29, 0.717) is 17.1 Å². The van der Waals surface area contributed by atoms with Crippen LogP contribution in [0.2, 0.25) is 0 Å². The summed E-state index contributed by atoms with van der Waals surface area (Å²) in [6.45, 7) is 0. The Morgan fingerprint density at radius 2 is 0.560 bits per heavy atom. The minimum absolute atomic E-state index is 0.152. The van der Waals surface area contributed by atoms with E-state index in [4.69, 9.17) is 0 Å². The Hall–Kier alpha value is -7.28. The molecule has 0 aliphatic rings. The second-order valence-electron chi connectivity index (χ2n) is 12.5. The SMILES string of the molecule is N#Cc1c(-n2c3ccccc3c3ccccc32)c(O)c(-n2c3ccccc3c3ccccc32)c(C#N)c1-n1c2ccccc2c2ccccc21. The van der Waals surface area contributed by atoms with Crippen molar-refractivity contribution in [1.82, 2.24) is 13.7 Å². The number of hydrogen-bond acceptors (Lipinski definition) is 3. The van der Waals surface area contributed by atoms with Crippen LogP contribution in [0.4, 0.5) is 0 Å². The Morgan fingerprint density at radius 3 is 0.800 bits per heavy atom. The fourth-order valence-corrected chi connectivity index (χ4v) is 8.06. The van der Waals surface area contributed by atoms with E-state index < -0.39 is 0 Å². The molecule has 7 aromatic carbocycles. The van der Waals surface area contributed by atoms with Crippen LogP contribution >= 0.6 is 0 Å². The maximum Gasteiger partial charge on any atom is 0.166 e. The average Bonchev–Trinajstić information content (AvgIpc) is 3.80. The number of benzene rings is 7. The minimum atomic E-state index is -0.152. The zero-order valence-electron chi connectivity index (χ0n) is 26.5. The maximum absolute atomic E-state index is 12.9. The minimum Gasteiger partial charge on any atom is -0.504 e. The van der Waals surface area contributed by atoms with Gasteiger partial charge in [-0.1, -0.05) is 109 Å². The van der Waals surface area contributed by atoms with E-state index >= 15 is 0 Å². The molecule has 232 valence electrons. The van der Waals surface area contributed by atoms with E-state index in [1.807, 2.05) is 123 Å². The van der Waals surface area contributed by atoms with Crippen LogP contribution in [0, 0.1) is 22.7 Å². The summed E-state index contributed by atoms with van der Waals surface area (Å²) in [5, 5.41) is 41.4. The smallest absolute Gasteiger partial charge is 0.166 e. The van der Waals surface area contributed by atoms with Crippen molar-refractivity contribution in [2.24, 2.45) is 0 Å². The van der Waals surface area contributed by atoms with Crippen molar-refractivity contribution in [2.75, 3.05) is 0 Å². The first-order valence-electron chi connectivity index (χ1n) is 16.4. The summed E-state index contributed by atoms with van der Waals surface area (Å²) in [6.07, 6.45) is 0. The van der Waals surface area contributed by atoms with Crippen LogP contribution in [-0.4, -0.2) is 18.8 Å². The molecular formula is C44H25N5O. The number of phenolic OH excluding ortho intramolecular Hbond substituents is 1. The maximum atomic E-state index is 12.9. The lowest BCUT2D eigenvalue weighted by atomic mass is 10.0. The highest BCUT2D eigenvalue weighted by Gasteiger charge is 2.32. The monoisotopic (exact) mass is 639 g/mol. The molecule has 6 nitrogen and oxygen atoms in total. The summed E-state index contributed by atoms with van der Waals surface area (Å²) >= 11 is 0. The van der Waals surface area contributed by atoms with Crippen LogP contribution < -0.4 is 0 Å². The Kier molecular flexibility index (Phi) is 5.76. The highest BCUT2D eigenvalue weighted by Crippen LogP contribution is 2.47. The molecule has 3 aromatic heterocycles. The molecule has 0 fully saturated rings. The Bertz CT molecular complexity index is 2830. The van der Waals surface area contributed by atoms with Gasteiger partial charge in [-0.25, -0.2) is 0 Å². The largest absolute Gasteiger partial charge is 0.504 e. The number of aromatic hydroxyl groups is 1. The van der Waals surface area contributed by atoms with Gasteiger partial charge in [-0.05, 0) is 36.4 Å². The molecule has 0 aliphatic heterocycles. The lowest BCUT2D eigenvalue weighted by Gasteiger charge is -2.23. The Balaban J connectivity index is 1.51. The molecule has 6 heteroatoms. The van der Waals surface area contributed by atoms with Crippen LogP contribution in [0.5, 0.6) is 5.75 Å². The number of nitriles is 2. The molecule has 0 saturated heterocycles. The fourth-order valence-electron chi connectivity index (χ4n) is 8.06. The second-order valence-corrected chi connectivity index (χ2v) is 12.5. The van der Waals surface area contributed by atoms with Crippen molar-refractivity contribution in [1.29, 1.82) is 10.5 Å². The van der Waals surface area contributed by atoms with Gasteiger partial charge in [-0.2, -0.15) is 10.5 Å². The van der Waals surface area contributed by atoms with Crippen molar-refractivity contribution in [2.45, 2.75) is 0 Å². The van der Waals surface area contributed by atoms with Crippen LogP contribution in [0.25, 0.3) is 82.5 Å². The van der Waals surface area contributed by atoms with Crippen LogP contribution in [-0.2, 0) is 0 Å². The molecule has 50 heavy (non-hydrogen) atoms. The molecule has 10 rings (SSSR count). The van der Waals surface area contributed by atoms with Gasteiger partial charge < -0.3 is 18.8 Å². The third-order valence-electron chi connectivity index (χ3n) is 10.0. The molecule has 0 unspecified atom stereocenters. The zero-order valence-corrected chi connectivity index (χ0v) is 26.5. The molecule has 10 aromatic rings. The third kappa shape index (κ3) is 3.54. The number of para-hydroxylation sites is 6. The summed E-state index contributed by atoms with van der Waals surface area (Å²) in [5.74, 6) is -0.152. The standard InChI is InChI=1S/C44H25N5O/c45-25-33-41(47-35-19-7-1-13-27(35)28-14-2-8-20-36(28)47)34(26-46)43(49-39-23-11-5-17-31(39)32-18-6-12-24-40(32)49)44(50)42(33)48-37-21-9-3-15-29(37)30-16-4-10-22-38(30)48/h1-24,50H. The lowest BCUT2D eigenvalue weighted by Crippen LogP contribution is -2.11.